The van der Waals surface area contributed by atoms with Crippen LogP contribution in [0.25, 0.3) is 0 Å². The highest BCUT2D eigenvalue weighted by molar-refractivity contribution is 6.61. The summed E-state index contributed by atoms with van der Waals surface area (Å²) in [5.41, 5.74) is -0.250. The molecule has 10 heteroatoms. The number of carbonyl (C=O) groups is 2. The molecule has 1 aliphatic rings. The van der Waals surface area contributed by atoms with Crippen molar-refractivity contribution in [2.24, 2.45) is 0 Å². The van der Waals surface area contributed by atoms with Gasteiger partial charge in [-0.15, -0.1) is 0 Å². The van der Waals surface area contributed by atoms with Crippen LogP contribution in [0.5, 0.6) is 0 Å². The number of rotatable bonds is 7. The number of ether oxygens (including phenoxy) is 2. The summed E-state index contributed by atoms with van der Waals surface area (Å²) in [6.07, 6.45) is 3.41. The first kappa shape index (κ1) is 21.1. The van der Waals surface area contributed by atoms with Crippen LogP contribution >= 0.6 is 0 Å². The van der Waals surface area contributed by atoms with Gasteiger partial charge in [0.25, 0.3) is 0 Å². The van der Waals surface area contributed by atoms with Crippen LogP contribution in [0.1, 0.15) is 40.5 Å². The van der Waals surface area contributed by atoms with Crippen LogP contribution in [0.3, 0.4) is 0 Å². The normalized spacial score (nSPS) is 18.7. The molecule has 1 saturated heterocycles. The maximum Gasteiger partial charge on any atom is 0.498 e. The molecule has 0 bridgehead atoms. The van der Waals surface area contributed by atoms with E-state index in [0.717, 1.165) is 0 Å². The number of carbonyl (C=O) groups excluding carboxylic acids is 2. The van der Waals surface area contributed by atoms with Crippen molar-refractivity contribution >= 4 is 30.5 Å². The van der Waals surface area contributed by atoms with Gasteiger partial charge in [0.2, 0.25) is 5.95 Å². The SMILES string of the molecule is COC(=O)CC[C@H](Nc1ncc(B2OC(C)(C)C(C)(C)O2)cn1)C(=O)OC. The third kappa shape index (κ3) is 4.95. The predicted molar refractivity (Wildman–Crippen MR) is 98.4 cm³/mol. The number of hydrogen-bond donors (Lipinski definition) is 1. The molecule has 148 valence electrons. The van der Waals surface area contributed by atoms with Crippen molar-refractivity contribution in [1.29, 1.82) is 0 Å². The Morgan fingerprint density at radius 2 is 1.67 bits per heavy atom. The molecule has 2 rings (SSSR count). The quantitative estimate of drug-likeness (QED) is 0.540. The minimum absolute atomic E-state index is 0.0648. The van der Waals surface area contributed by atoms with Crippen molar-refractivity contribution in [2.45, 2.75) is 57.8 Å². The Morgan fingerprint density at radius 1 is 1.11 bits per heavy atom. The smallest absolute Gasteiger partial charge is 0.469 e. The van der Waals surface area contributed by atoms with Gasteiger partial charge in [0.1, 0.15) is 6.04 Å². The summed E-state index contributed by atoms with van der Waals surface area (Å²) in [5.74, 6) is -0.698. The van der Waals surface area contributed by atoms with Crippen LogP contribution in [-0.2, 0) is 28.4 Å². The van der Waals surface area contributed by atoms with Crippen molar-refractivity contribution in [3.8, 4) is 0 Å². The molecule has 0 spiro atoms. The maximum atomic E-state index is 11.9. The average molecular weight is 379 g/mol. The van der Waals surface area contributed by atoms with Crippen molar-refractivity contribution in [1.82, 2.24) is 9.97 Å². The fraction of sp³-hybridized carbons (Fsp3) is 0.647. The van der Waals surface area contributed by atoms with Crippen LogP contribution in [0.2, 0.25) is 0 Å². The zero-order chi connectivity index (χ0) is 20.2. The lowest BCUT2D eigenvalue weighted by atomic mass is 9.81. The molecule has 0 saturated carbocycles. The van der Waals surface area contributed by atoms with Crippen LogP contribution in [0.4, 0.5) is 5.95 Å². The zero-order valence-corrected chi connectivity index (χ0v) is 16.6. The molecule has 1 fully saturated rings. The first-order valence-corrected chi connectivity index (χ1v) is 8.68. The van der Waals surface area contributed by atoms with E-state index in [1.807, 2.05) is 27.7 Å². The number of nitrogens with one attached hydrogen (secondary N) is 1. The molecule has 27 heavy (non-hydrogen) atoms. The van der Waals surface area contributed by atoms with Crippen LogP contribution < -0.4 is 10.8 Å². The van der Waals surface area contributed by atoms with Crippen molar-refractivity contribution in [3.63, 3.8) is 0 Å². The average Bonchev–Trinajstić information content (AvgIpc) is 2.85. The Bertz CT molecular complexity index is 664. The Kier molecular flexibility index (Phi) is 6.43. The third-order valence-corrected chi connectivity index (χ3v) is 4.85. The molecule has 0 unspecified atom stereocenters. The molecule has 9 nitrogen and oxygen atoms in total. The second-order valence-electron chi connectivity index (χ2n) is 7.26. The summed E-state index contributed by atoms with van der Waals surface area (Å²) >= 11 is 0. The van der Waals surface area contributed by atoms with E-state index in [0.29, 0.717) is 5.46 Å². The summed E-state index contributed by atoms with van der Waals surface area (Å²) in [5, 5.41) is 2.87. The molecule has 0 aromatic carbocycles. The van der Waals surface area contributed by atoms with Crippen LogP contribution in [-0.4, -0.2) is 60.5 Å². The van der Waals surface area contributed by atoms with Gasteiger partial charge in [0.15, 0.2) is 0 Å². The molecule has 0 radical (unpaired) electrons. The van der Waals surface area contributed by atoms with E-state index in [1.165, 1.54) is 14.2 Å². The topological polar surface area (TPSA) is 109 Å². The summed E-state index contributed by atoms with van der Waals surface area (Å²) in [6.45, 7) is 7.86. The zero-order valence-electron chi connectivity index (χ0n) is 16.6. The molecular formula is C17H26BN3O6. The van der Waals surface area contributed by atoms with E-state index in [2.05, 4.69) is 20.0 Å². The fourth-order valence-electron chi connectivity index (χ4n) is 2.42. The fourth-order valence-corrected chi connectivity index (χ4v) is 2.42. The highest BCUT2D eigenvalue weighted by atomic mass is 16.7. The van der Waals surface area contributed by atoms with Crippen molar-refractivity contribution in [3.05, 3.63) is 12.4 Å². The van der Waals surface area contributed by atoms with E-state index in [4.69, 9.17) is 14.0 Å². The van der Waals surface area contributed by atoms with Gasteiger partial charge in [-0.1, -0.05) is 0 Å². The molecule has 1 aromatic heterocycles. The highest BCUT2D eigenvalue weighted by Crippen LogP contribution is 2.36. The number of nitrogens with zero attached hydrogens (tertiary/aromatic N) is 2. The van der Waals surface area contributed by atoms with Gasteiger partial charge in [0, 0.05) is 24.3 Å². The maximum absolute atomic E-state index is 11.9. The Morgan fingerprint density at radius 3 is 2.15 bits per heavy atom. The van der Waals surface area contributed by atoms with Gasteiger partial charge in [0.05, 0.1) is 25.4 Å². The minimum Gasteiger partial charge on any atom is -0.469 e. The van der Waals surface area contributed by atoms with E-state index >= 15 is 0 Å². The second-order valence-corrected chi connectivity index (χ2v) is 7.26. The molecule has 1 atom stereocenters. The first-order valence-electron chi connectivity index (χ1n) is 8.68. The van der Waals surface area contributed by atoms with E-state index in [9.17, 15) is 9.59 Å². The number of hydrogen-bond acceptors (Lipinski definition) is 9. The monoisotopic (exact) mass is 379 g/mol. The molecule has 0 aliphatic carbocycles. The Balaban J connectivity index is 2.05. The first-order chi connectivity index (χ1) is 12.6. The molecule has 2 heterocycles. The van der Waals surface area contributed by atoms with Gasteiger partial charge in [-0.2, -0.15) is 0 Å². The molecular weight excluding hydrogens is 353 g/mol. The molecule has 1 N–H and O–H groups in total. The lowest BCUT2D eigenvalue weighted by molar-refractivity contribution is -0.143. The van der Waals surface area contributed by atoms with Gasteiger partial charge in [-0.25, -0.2) is 14.8 Å². The molecule has 1 aromatic rings. The number of methoxy groups -OCH3 is 2. The van der Waals surface area contributed by atoms with Crippen LogP contribution in [0.15, 0.2) is 12.4 Å². The third-order valence-electron chi connectivity index (χ3n) is 4.85. The van der Waals surface area contributed by atoms with Gasteiger partial charge < -0.3 is 24.1 Å². The van der Waals surface area contributed by atoms with E-state index in [-0.39, 0.29) is 18.8 Å². The highest BCUT2D eigenvalue weighted by Gasteiger charge is 2.51. The summed E-state index contributed by atoms with van der Waals surface area (Å²) < 4.78 is 21.3. The largest absolute Gasteiger partial charge is 0.498 e. The summed E-state index contributed by atoms with van der Waals surface area (Å²) in [6, 6.07) is -0.767. The number of esters is 2. The molecule has 0 amide bonds. The lowest BCUT2D eigenvalue weighted by Gasteiger charge is -2.32. The standard InChI is InChI=1S/C17H26BN3O6/c1-16(2)17(3,4)27-18(26-16)11-9-19-15(20-10-11)21-12(14(23)25-6)7-8-13(22)24-5/h9-10,12H,7-8H2,1-6H3,(H,19,20,21)/t12-/m0/s1. The predicted octanol–water partition coefficient (Wildman–Crippen LogP) is 0.682. The molecule has 1 aliphatic heterocycles. The number of anilines is 1. The van der Waals surface area contributed by atoms with Gasteiger partial charge in [-0.3, -0.25) is 4.79 Å². The second kappa shape index (κ2) is 8.22. The summed E-state index contributed by atoms with van der Waals surface area (Å²) in [7, 11) is 2.00. The van der Waals surface area contributed by atoms with Crippen molar-refractivity contribution in [2.75, 3.05) is 19.5 Å². The van der Waals surface area contributed by atoms with Crippen LogP contribution in [0, 0.1) is 0 Å². The Labute approximate surface area is 159 Å². The van der Waals surface area contributed by atoms with E-state index < -0.39 is 36.3 Å². The van der Waals surface area contributed by atoms with Gasteiger partial charge >= 0.3 is 19.1 Å². The van der Waals surface area contributed by atoms with E-state index in [1.54, 1.807) is 12.4 Å². The minimum atomic E-state index is -0.767. The lowest BCUT2D eigenvalue weighted by Crippen LogP contribution is -2.41. The van der Waals surface area contributed by atoms with Crippen molar-refractivity contribution < 1.29 is 28.4 Å². The Hall–Kier alpha value is -2.20. The van der Waals surface area contributed by atoms with Gasteiger partial charge in [-0.05, 0) is 34.1 Å². The number of aromatic nitrogens is 2. The summed E-state index contributed by atoms with van der Waals surface area (Å²) in [4.78, 5) is 31.7.